The Morgan fingerprint density at radius 3 is 2.43 bits per heavy atom. The Hall–Kier alpha value is -0.810. The lowest BCUT2D eigenvalue weighted by molar-refractivity contribution is 0.0982. The average Bonchev–Trinajstić information content (AvgIpc) is 2.56. The second-order valence-electron chi connectivity index (χ2n) is 7.37. The first-order valence-corrected chi connectivity index (χ1v) is 9.37. The summed E-state index contributed by atoms with van der Waals surface area (Å²) in [6.07, 6.45) is 6.58. The van der Waals surface area contributed by atoms with Crippen molar-refractivity contribution in [3.8, 4) is 0 Å². The molecule has 1 aliphatic rings. The molecular weight excluding hydrogens is 286 g/mol. The Morgan fingerprint density at radius 1 is 1.13 bits per heavy atom. The molecule has 0 amide bonds. The van der Waals surface area contributed by atoms with Crippen LogP contribution >= 0.6 is 0 Å². The minimum absolute atomic E-state index is 0.177. The van der Waals surface area contributed by atoms with Gasteiger partial charge < -0.3 is 15.5 Å². The number of piperidine rings is 1. The van der Waals surface area contributed by atoms with Gasteiger partial charge in [-0.3, -0.25) is 9.89 Å². The van der Waals surface area contributed by atoms with Gasteiger partial charge in [0.25, 0.3) is 0 Å². The molecule has 0 spiro atoms. The van der Waals surface area contributed by atoms with Gasteiger partial charge in [0.2, 0.25) is 0 Å². The zero-order valence-corrected chi connectivity index (χ0v) is 16.1. The molecule has 23 heavy (non-hydrogen) atoms. The van der Waals surface area contributed by atoms with Gasteiger partial charge in [-0.05, 0) is 59.8 Å². The summed E-state index contributed by atoms with van der Waals surface area (Å²) >= 11 is 0. The maximum Gasteiger partial charge on any atom is 0.191 e. The van der Waals surface area contributed by atoms with Crippen molar-refractivity contribution >= 4 is 5.96 Å². The first-order chi connectivity index (χ1) is 11.0. The number of likely N-dealkylation sites (N-methyl/N-ethyl adjacent to an activating group) is 1. The quantitative estimate of drug-likeness (QED) is 0.503. The minimum Gasteiger partial charge on any atom is -0.355 e. The molecule has 1 heterocycles. The molecule has 0 atom stereocenters. The van der Waals surface area contributed by atoms with E-state index in [1.54, 1.807) is 0 Å². The van der Waals surface area contributed by atoms with E-state index in [1.165, 1.54) is 51.7 Å². The highest BCUT2D eigenvalue weighted by molar-refractivity contribution is 5.79. The summed E-state index contributed by atoms with van der Waals surface area (Å²) in [6.45, 7) is 13.4. The molecule has 0 radical (unpaired) electrons. The second-order valence-corrected chi connectivity index (χ2v) is 7.37. The van der Waals surface area contributed by atoms with E-state index < -0.39 is 0 Å². The molecule has 0 saturated carbocycles. The highest BCUT2D eigenvalue weighted by Crippen LogP contribution is 2.19. The van der Waals surface area contributed by atoms with E-state index in [0.29, 0.717) is 0 Å². The average molecular weight is 326 g/mol. The summed E-state index contributed by atoms with van der Waals surface area (Å²) < 4.78 is 0. The molecule has 0 aromatic rings. The van der Waals surface area contributed by atoms with Crippen LogP contribution in [0.5, 0.6) is 0 Å². The Labute approximate surface area is 143 Å². The fraction of sp³-hybridized carbons (Fsp3) is 0.944. The Morgan fingerprint density at radius 2 is 1.83 bits per heavy atom. The number of hydrogen-bond donors (Lipinski definition) is 2. The first kappa shape index (κ1) is 20.2. The fourth-order valence-electron chi connectivity index (χ4n) is 3.04. The lowest BCUT2D eigenvalue weighted by Crippen LogP contribution is -2.55. The minimum atomic E-state index is 0.177. The number of aliphatic imine (C=N–C) groups is 1. The van der Waals surface area contributed by atoms with E-state index in [2.05, 4.69) is 53.2 Å². The van der Waals surface area contributed by atoms with Crippen molar-refractivity contribution in [2.75, 3.05) is 53.4 Å². The van der Waals surface area contributed by atoms with E-state index in [4.69, 9.17) is 0 Å². The number of hydrogen-bond acceptors (Lipinski definition) is 3. The summed E-state index contributed by atoms with van der Waals surface area (Å²) in [7, 11) is 4.04. The number of guanidine groups is 1. The van der Waals surface area contributed by atoms with Gasteiger partial charge >= 0.3 is 0 Å². The van der Waals surface area contributed by atoms with Gasteiger partial charge in [-0.2, -0.15) is 0 Å². The van der Waals surface area contributed by atoms with Crippen molar-refractivity contribution in [1.82, 2.24) is 20.4 Å². The van der Waals surface area contributed by atoms with Crippen LogP contribution in [0, 0.1) is 0 Å². The maximum absolute atomic E-state index is 4.35. The zero-order valence-electron chi connectivity index (χ0n) is 16.1. The number of rotatable bonds is 9. The summed E-state index contributed by atoms with van der Waals surface area (Å²) in [5, 5.41) is 6.93. The van der Waals surface area contributed by atoms with Crippen molar-refractivity contribution in [2.24, 2.45) is 4.99 Å². The molecule has 0 unspecified atom stereocenters. The summed E-state index contributed by atoms with van der Waals surface area (Å²) in [5.74, 6) is 0.916. The third-order valence-electron chi connectivity index (χ3n) is 4.80. The van der Waals surface area contributed by atoms with Gasteiger partial charge in [0.05, 0.1) is 0 Å². The van der Waals surface area contributed by atoms with Gasteiger partial charge in [0.1, 0.15) is 0 Å². The van der Waals surface area contributed by atoms with Crippen LogP contribution in [0.1, 0.15) is 52.9 Å². The fourth-order valence-corrected chi connectivity index (χ4v) is 3.04. The summed E-state index contributed by atoms with van der Waals surface area (Å²) in [4.78, 5) is 9.34. The normalized spacial score (nSPS) is 17.6. The van der Waals surface area contributed by atoms with Crippen LogP contribution in [0.3, 0.4) is 0 Å². The maximum atomic E-state index is 4.35. The Bertz CT molecular complexity index is 334. The van der Waals surface area contributed by atoms with Crippen molar-refractivity contribution in [3.63, 3.8) is 0 Å². The summed E-state index contributed by atoms with van der Waals surface area (Å²) in [6, 6.07) is 0. The molecule has 1 rings (SSSR count). The van der Waals surface area contributed by atoms with Crippen LogP contribution in [0.4, 0.5) is 0 Å². The van der Waals surface area contributed by atoms with Crippen molar-refractivity contribution in [1.29, 1.82) is 0 Å². The molecule has 5 nitrogen and oxygen atoms in total. The van der Waals surface area contributed by atoms with Gasteiger partial charge in [-0.25, -0.2) is 0 Å². The molecule has 0 aliphatic carbocycles. The van der Waals surface area contributed by atoms with E-state index in [9.17, 15) is 0 Å². The van der Waals surface area contributed by atoms with Crippen LogP contribution in [-0.2, 0) is 0 Å². The smallest absolute Gasteiger partial charge is 0.191 e. The van der Waals surface area contributed by atoms with Crippen molar-refractivity contribution in [3.05, 3.63) is 0 Å². The highest BCUT2D eigenvalue weighted by atomic mass is 15.2. The van der Waals surface area contributed by atoms with Gasteiger partial charge in [-0.15, -0.1) is 0 Å². The molecular formula is C18H39N5. The molecule has 1 saturated heterocycles. The van der Waals surface area contributed by atoms with Gasteiger partial charge in [0, 0.05) is 32.2 Å². The molecule has 2 N–H and O–H groups in total. The number of nitrogens with zero attached hydrogens (tertiary/aromatic N) is 3. The van der Waals surface area contributed by atoms with Gasteiger partial charge in [-0.1, -0.05) is 19.8 Å². The predicted molar refractivity (Wildman–Crippen MR) is 101 cm³/mol. The van der Waals surface area contributed by atoms with Crippen molar-refractivity contribution in [2.45, 2.75) is 58.4 Å². The zero-order chi connectivity index (χ0) is 17.1. The van der Waals surface area contributed by atoms with Crippen LogP contribution in [0.15, 0.2) is 4.99 Å². The molecule has 0 aromatic heterocycles. The third-order valence-corrected chi connectivity index (χ3v) is 4.80. The largest absolute Gasteiger partial charge is 0.355 e. The standard InChI is InChI=1S/C18H39N5/c1-6-7-12-22(5)15-11-20-17(19-4)21-16-18(2,3)23-13-9-8-10-14-23/h6-16H2,1-5H3,(H2,19,20,21). The molecule has 5 heteroatoms. The first-order valence-electron chi connectivity index (χ1n) is 9.37. The van der Waals surface area contributed by atoms with E-state index in [1.807, 2.05) is 7.05 Å². The second kappa shape index (κ2) is 10.9. The van der Waals surface area contributed by atoms with Crippen LogP contribution < -0.4 is 10.6 Å². The van der Waals surface area contributed by atoms with E-state index >= 15 is 0 Å². The highest BCUT2D eigenvalue weighted by Gasteiger charge is 2.27. The monoisotopic (exact) mass is 325 g/mol. The predicted octanol–water partition coefficient (Wildman–Crippen LogP) is 2.15. The SMILES string of the molecule is CCCCN(C)CCNC(=NC)NCC(C)(C)N1CCCCC1. The van der Waals surface area contributed by atoms with Crippen LogP contribution in [0.25, 0.3) is 0 Å². The molecule has 1 fully saturated rings. The summed E-state index contributed by atoms with van der Waals surface area (Å²) in [5.41, 5.74) is 0.177. The van der Waals surface area contributed by atoms with E-state index in [0.717, 1.165) is 25.6 Å². The number of likely N-dealkylation sites (tertiary alicyclic amines) is 1. The van der Waals surface area contributed by atoms with E-state index in [-0.39, 0.29) is 5.54 Å². The molecule has 0 bridgehead atoms. The third kappa shape index (κ3) is 8.02. The molecule has 136 valence electrons. The molecule has 1 aliphatic heterocycles. The number of unbranched alkanes of at least 4 members (excludes halogenated alkanes) is 1. The van der Waals surface area contributed by atoms with Crippen LogP contribution in [-0.4, -0.2) is 74.7 Å². The lowest BCUT2D eigenvalue weighted by atomic mass is 9.98. The lowest BCUT2D eigenvalue weighted by Gasteiger charge is -2.41. The number of nitrogens with one attached hydrogen (secondary N) is 2. The Balaban J connectivity index is 2.27. The van der Waals surface area contributed by atoms with Gasteiger partial charge in [0.15, 0.2) is 5.96 Å². The molecule has 0 aromatic carbocycles. The van der Waals surface area contributed by atoms with Crippen molar-refractivity contribution < 1.29 is 0 Å². The van der Waals surface area contributed by atoms with Crippen LogP contribution in [0.2, 0.25) is 0 Å². The Kier molecular flexibility index (Phi) is 9.56. The topological polar surface area (TPSA) is 42.9 Å².